The number of nitrogens with zero attached hydrogens (tertiary/aromatic N) is 2. The number of nitrogens with one attached hydrogen (secondary N) is 1. The van der Waals surface area contributed by atoms with Gasteiger partial charge in [0.2, 0.25) is 5.91 Å². The number of rotatable bonds is 8. The van der Waals surface area contributed by atoms with Crippen LogP contribution in [0.4, 0.5) is 5.69 Å². The van der Waals surface area contributed by atoms with Gasteiger partial charge in [-0.15, -0.1) is 0 Å². The van der Waals surface area contributed by atoms with Crippen molar-refractivity contribution in [3.63, 3.8) is 0 Å². The van der Waals surface area contributed by atoms with E-state index in [2.05, 4.69) is 5.32 Å². The Labute approximate surface area is 221 Å². The van der Waals surface area contributed by atoms with Crippen LogP contribution in [-0.4, -0.2) is 65.8 Å². The predicted molar refractivity (Wildman–Crippen MR) is 142 cm³/mol. The number of hydrogen-bond donors (Lipinski definition) is 1. The number of para-hydroxylation sites is 1. The zero-order chi connectivity index (χ0) is 26.7. The summed E-state index contributed by atoms with van der Waals surface area (Å²) in [6, 6.07) is 23.5. The fraction of sp³-hybridized carbons (Fsp3) is 0.267. The van der Waals surface area contributed by atoms with Crippen LogP contribution in [-0.2, 0) is 27.2 Å². The van der Waals surface area contributed by atoms with E-state index < -0.39 is 29.8 Å². The lowest BCUT2D eigenvalue weighted by molar-refractivity contribution is -0.147. The molecule has 1 aliphatic carbocycles. The molecule has 8 heteroatoms. The van der Waals surface area contributed by atoms with Crippen LogP contribution >= 0.6 is 0 Å². The van der Waals surface area contributed by atoms with Gasteiger partial charge < -0.3 is 15.0 Å². The smallest absolute Gasteiger partial charge is 0.262 e. The predicted octanol–water partition coefficient (Wildman–Crippen LogP) is 3.32. The molecule has 0 bridgehead atoms. The second kappa shape index (κ2) is 10.6. The minimum Gasteiger partial charge on any atom is -0.383 e. The van der Waals surface area contributed by atoms with Crippen LogP contribution < -0.4 is 5.32 Å². The summed E-state index contributed by atoms with van der Waals surface area (Å²) in [7, 11) is 1.53. The van der Waals surface area contributed by atoms with Crippen molar-refractivity contribution in [3.05, 3.63) is 101 Å². The van der Waals surface area contributed by atoms with Crippen molar-refractivity contribution in [2.24, 2.45) is 0 Å². The lowest BCUT2D eigenvalue weighted by Gasteiger charge is -2.45. The largest absolute Gasteiger partial charge is 0.383 e. The standard InChI is InChI=1S/C30H29N3O5/c1-38-18-17-33(26(34)20-32-27(35)24-13-7-8-14-25(24)28(32)36)30(29(37)31-23-11-3-2-4-12-23)16-15-21-9-5-6-10-22(21)19-30/h2-14H,15-20H2,1H3,(H,31,37). The summed E-state index contributed by atoms with van der Waals surface area (Å²) in [5, 5.41) is 3.00. The van der Waals surface area contributed by atoms with E-state index in [0.29, 0.717) is 24.9 Å². The molecule has 0 spiro atoms. The van der Waals surface area contributed by atoms with Gasteiger partial charge in [0.15, 0.2) is 0 Å². The van der Waals surface area contributed by atoms with Gasteiger partial charge >= 0.3 is 0 Å². The quantitative estimate of drug-likeness (QED) is 0.468. The Kier molecular flexibility index (Phi) is 7.07. The first-order valence-electron chi connectivity index (χ1n) is 12.6. The van der Waals surface area contributed by atoms with E-state index in [0.717, 1.165) is 16.0 Å². The summed E-state index contributed by atoms with van der Waals surface area (Å²) in [5.41, 5.74) is 2.05. The van der Waals surface area contributed by atoms with E-state index in [-0.39, 0.29) is 30.2 Å². The number of imide groups is 1. The Morgan fingerprint density at radius 3 is 2.16 bits per heavy atom. The Morgan fingerprint density at radius 2 is 1.50 bits per heavy atom. The topological polar surface area (TPSA) is 96.0 Å². The number of benzene rings is 3. The Balaban J connectivity index is 1.50. The van der Waals surface area contributed by atoms with Crippen molar-refractivity contribution in [1.29, 1.82) is 0 Å². The lowest BCUT2D eigenvalue weighted by Crippen LogP contribution is -2.64. The fourth-order valence-corrected chi connectivity index (χ4v) is 5.40. The molecule has 1 atom stereocenters. The van der Waals surface area contributed by atoms with E-state index in [1.54, 1.807) is 36.4 Å². The molecule has 194 valence electrons. The highest BCUT2D eigenvalue weighted by Gasteiger charge is 2.49. The highest BCUT2D eigenvalue weighted by Crippen LogP contribution is 2.35. The molecule has 3 aromatic rings. The van der Waals surface area contributed by atoms with E-state index in [1.807, 2.05) is 42.5 Å². The number of fused-ring (bicyclic) bond motifs is 2. The van der Waals surface area contributed by atoms with Gasteiger partial charge in [0.1, 0.15) is 12.1 Å². The molecule has 1 aliphatic heterocycles. The van der Waals surface area contributed by atoms with Gasteiger partial charge in [-0.1, -0.05) is 54.6 Å². The van der Waals surface area contributed by atoms with Crippen LogP contribution in [0.5, 0.6) is 0 Å². The van der Waals surface area contributed by atoms with Crippen molar-refractivity contribution >= 4 is 29.3 Å². The van der Waals surface area contributed by atoms with Gasteiger partial charge in [-0.25, -0.2) is 0 Å². The molecule has 4 amide bonds. The lowest BCUT2D eigenvalue weighted by atomic mass is 9.75. The number of amides is 4. The van der Waals surface area contributed by atoms with Crippen LogP contribution in [0, 0.1) is 0 Å². The van der Waals surface area contributed by atoms with Gasteiger partial charge in [0.25, 0.3) is 17.7 Å². The van der Waals surface area contributed by atoms with Crippen molar-refractivity contribution in [1.82, 2.24) is 9.80 Å². The molecule has 0 saturated heterocycles. The third-order valence-corrected chi connectivity index (χ3v) is 7.37. The molecular formula is C30H29N3O5. The molecule has 1 N–H and O–H groups in total. The van der Waals surface area contributed by atoms with Gasteiger partial charge in [-0.3, -0.25) is 24.1 Å². The fourth-order valence-electron chi connectivity index (χ4n) is 5.40. The average Bonchev–Trinajstić information content (AvgIpc) is 3.18. The zero-order valence-electron chi connectivity index (χ0n) is 21.2. The summed E-state index contributed by atoms with van der Waals surface area (Å²) in [5.74, 6) is -1.82. The molecule has 5 rings (SSSR count). The number of carbonyl (C=O) groups is 4. The molecule has 1 heterocycles. The molecule has 0 fully saturated rings. The van der Waals surface area contributed by atoms with Gasteiger partial charge in [0, 0.05) is 25.8 Å². The number of hydrogen-bond acceptors (Lipinski definition) is 5. The molecule has 1 unspecified atom stereocenters. The Bertz CT molecular complexity index is 1350. The van der Waals surface area contributed by atoms with Gasteiger partial charge in [0.05, 0.1) is 17.7 Å². The van der Waals surface area contributed by atoms with E-state index in [9.17, 15) is 19.2 Å². The van der Waals surface area contributed by atoms with Crippen molar-refractivity contribution in [2.75, 3.05) is 32.1 Å². The average molecular weight is 512 g/mol. The monoisotopic (exact) mass is 511 g/mol. The molecule has 8 nitrogen and oxygen atoms in total. The van der Waals surface area contributed by atoms with Crippen molar-refractivity contribution < 1.29 is 23.9 Å². The summed E-state index contributed by atoms with van der Waals surface area (Å²) in [6.45, 7) is -0.142. The molecule has 0 saturated carbocycles. The zero-order valence-corrected chi connectivity index (χ0v) is 21.2. The summed E-state index contributed by atoms with van der Waals surface area (Å²) >= 11 is 0. The normalized spacial score (nSPS) is 18.1. The number of methoxy groups -OCH3 is 1. The van der Waals surface area contributed by atoms with Crippen LogP contribution in [0.1, 0.15) is 38.3 Å². The maximum absolute atomic E-state index is 14.1. The van der Waals surface area contributed by atoms with Crippen LogP contribution in [0.25, 0.3) is 0 Å². The second-order valence-electron chi connectivity index (χ2n) is 9.58. The summed E-state index contributed by atoms with van der Waals surface area (Å²) in [4.78, 5) is 56.5. The Hall–Kier alpha value is -4.30. The molecule has 2 aliphatic rings. The third-order valence-electron chi connectivity index (χ3n) is 7.37. The maximum atomic E-state index is 14.1. The molecule has 0 aromatic heterocycles. The van der Waals surface area contributed by atoms with Crippen molar-refractivity contribution in [2.45, 2.75) is 24.8 Å². The molecule has 3 aromatic carbocycles. The number of carbonyl (C=O) groups excluding carboxylic acids is 4. The number of aryl methyl sites for hydroxylation is 1. The summed E-state index contributed by atoms with van der Waals surface area (Å²) < 4.78 is 5.32. The first kappa shape index (κ1) is 25.4. The second-order valence-corrected chi connectivity index (χ2v) is 9.58. The molecular weight excluding hydrogens is 482 g/mol. The van der Waals surface area contributed by atoms with Crippen LogP contribution in [0.15, 0.2) is 78.9 Å². The van der Waals surface area contributed by atoms with Crippen molar-refractivity contribution in [3.8, 4) is 0 Å². The highest BCUT2D eigenvalue weighted by atomic mass is 16.5. The number of ether oxygens (including phenoxy) is 1. The minimum absolute atomic E-state index is 0.128. The van der Waals surface area contributed by atoms with E-state index >= 15 is 0 Å². The third kappa shape index (κ3) is 4.59. The van der Waals surface area contributed by atoms with Crippen LogP contribution in [0.3, 0.4) is 0 Å². The Morgan fingerprint density at radius 1 is 0.895 bits per heavy atom. The minimum atomic E-state index is -1.24. The maximum Gasteiger partial charge on any atom is 0.262 e. The molecule has 38 heavy (non-hydrogen) atoms. The van der Waals surface area contributed by atoms with E-state index in [4.69, 9.17) is 4.74 Å². The first-order valence-corrected chi connectivity index (χ1v) is 12.6. The molecule has 0 radical (unpaired) electrons. The van der Waals surface area contributed by atoms with Gasteiger partial charge in [-0.05, 0) is 48.2 Å². The SMILES string of the molecule is COCCN(C(=O)CN1C(=O)c2ccccc2C1=O)C1(C(=O)Nc2ccccc2)CCc2ccccc2C1. The summed E-state index contributed by atoms with van der Waals surface area (Å²) in [6.07, 6.45) is 1.29. The van der Waals surface area contributed by atoms with E-state index in [1.165, 1.54) is 12.0 Å². The highest BCUT2D eigenvalue weighted by molar-refractivity contribution is 6.22. The van der Waals surface area contributed by atoms with Gasteiger partial charge in [-0.2, -0.15) is 0 Å². The first-order chi connectivity index (χ1) is 18.4. The number of anilines is 1. The van der Waals surface area contributed by atoms with Crippen LogP contribution in [0.2, 0.25) is 0 Å².